The SMILES string of the molecule is Cc1cccc(C(=O)O)c1NC(C)CS(C)(=O)=O. The molecule has 0 aliphatic heterocycles. The monoisotopic (exact) mass is 271 g/mol. The van der Waals surface area contributed by atoms with Crippen LogP contribution in [-0.4, -0.2) is 37.5 Å². The fourth-order valence-electron chi connectivity index (χ4n) is 1.78. The molecule has 1 unspecified atom stereocenters. The molecule has 0 aromatic heterocycles. The Morgan fingerprint density at radius 2 is 2.06 bits per heavy atom. The quantitative estimate of drug-likeness (QED) is 0.848. The topological polar surface area (TPSA) is 83.5 Å². The third-order valence-electron chi connectivity index (χ3n) is 2.45. The Labute approximate surface area is 107 Å². The summed E-state index contributed by atoms with van der Waals surface area (Å²) in [6, 6.07) is 4.58. The number of hydrogen-bond donors (Lipinski definition) is 2. The van der Waals surface area contributed by atoms with Gasteiger partial charge in [-0.2, -0.15) is 0 Å². The third-order valence-corrected chi connectivity index (χ3v) is 3.55. The van der Waals surface area contributed by atoms with E-state index >= 15 is 0 Å². The van der Waals surface area contributed by atoms with Gasteiger partial charge in [0.25, 0.3) is 0 Å². The van der Waals surface area contributed by atoms with Gasteiger partial charge in [-0.3, -0.25) is 0 Å². The minimum Gasteiger partial charge on any atom is -0.478 e. The van der Waals surface area contributed by atoms with Crippen molar-refractivity contribution in [1.29, 1.82) is 0 Å². The first kappa shape index (κ1) is 14.5. The van der Waals surface area contributed by atoms with Crippen molar-refractivity contribution in [1.82, 2.24) is 0 Å². The number of sulfone groups is 1. The van der Waals surface area contributed by atoms with E-state index < -0.39 is 15.8 Å². The van der Waals surface area contributed by atoms with E-state index in [0.717, 1.165) is 11.8 Å². The zero-order valence-electron chi connectivity index (χ0n) is 10.6. The molecule has 6 heteroatoms. The molecule has 0 radical (unpaired) electrons. The van der Waals surface area contributed by atoms with Crippen LogP contribution in [-0.2, 0) is 9.84 Å². The summed E-state index contributed by atoms with van der Waals surface area (Å²) >= 11 is 0. The number of aryl methyl sites for hydroxylation is 1. The van der Waals surface area contributed by atoms with Crippen molar-refractivity contribution in [2.24, 2.45) is 0 Å². The van der Waals surface area contributed by atoms with Gasteiger partial charge in [-0.1, -0.05) is 12.1 Å². The summed E-state index contributed by atoms with van der Waals surface area (Å²) in [7, 11) is -3.10. The summed E-state index contributed by atoms with van der Waals surface area (Å²) in [6.45, 7) is 3.49. The highest BCUT2D eigenvalue weighted by atomic mass is 32.2. The first-order valence-electron chi connectivity index (χ1n) is 5.48. The molecule has 1 aromatic carbocycles. The van der Waals surface area contributed by atoms with Crippen LogP contribution in [0, 0.1) is 6.92 Å². The third kappa shape index (κ3) is 4.03. The minimum absolute atomic E-state index is 0.0413. The fraction of sp³-hybridized carbons (Fsp3) is 0.417. The lowest BCUT2D eigenvalue weighted by atomic mass is 10.1. The van der Waals surface area contributed by atoms with Gasteiger partial charge < -0.3 is 10.4 Å². The van der Waals surface area contributed by atoms with Crippen LogP contribution in [0.25, 0.3) is 0 Å². The number of carboxylic acid groups (broad SMARTS) is 1. The van der Waals surface area contributed by atoms with Crippen molar-refractivity contribution in [3.63, 3.8) is 0 Å². The van der Waals surface area contributed by atoms with Crippen LogP contribution in [0.1, 0.15) is 22.8 Å². The molecule has 100 valence electrons. The number of para-hydroxylation sites is 1. The molecule has 0 saturated carbocycles. The molecule has 0 spiro atoms. The Balaban J connectivity index is 3.00. The highest BCUT2D eigenvalue weighted by molar-refractivity contribution is 7.90. The Hall–Kier alpha value is -1.56. The zero-order valence-corrected chi connectivity index (χ0v) is 11.4. The Bertz CT molecular complexity index is 551. The lowest BCUT2D eigenvalue weighted by molar-refractivity contribution is 0.0698. The minimum atomic E-state index is -3.10. The van der Waals surface area contributed by atoms with Crippen molar-refractivity contribution in [2.75, 3.05) is 17.3 Å². The van der Waals surface area contributed by atoms with Crippen LogP contribution < -0.4 is 5.32 Å². The molecule has 0 aliphatic carbocycles. The average molecular weight is 271 g/mol. The van der Waals surface area contributed by atoms with Crippen molar-refractivity contribution in [3.05, 3.63) is 29.3 Å². The molecule has 1 aromatic rings. The number of carbonyl (C=O) groups is 1. The van der Waals surface area contributed by atoms with Crippen LogP contribution in [0.4, 0.5) is 5.69 Å². The molecule has 0 amide bonds. The van der Waals surface area contributed by atoms with E-state index in [1.54, 1.807) is 26.0 Å². The van der Waals surface area contributed by atoms with Crippen molar-refractivity contribution in [2.45, 2.75) is 19.9 Å². The van der Waals surface area contributed by atoms with Crippen molar-refractivity contribution < 1.29 is 18.3 Å². The van der Waals surface area contributed by atoms with E-state index in [4.69, 9.17) is 5.11 Å². The predicted octanol–water partition coefficient (Wildman–Crippen LogP) is 1.54. The number of aromatic carboxylic acids is 1. The van der Waals surface area contributed by atoms with E-state index in [1.165, 1.54) is 6.07 Å². The largest absolute Gasteiger partial charge is 0.478 e. The molecule has 5 nitrogen and oxygen atoms in total. The van der Waals surface area contributed by atoms with Gasteiger partial charge in [0.05, 0.1) is 17.0 Å². The van der Waals surface area contributed by atoms with Crippen LogP contribution >= 0.6 is 0 Å². The second-order valence-electron chi connectivity index (χ2n) is 4.44. The lowest BCUT2D eigenvalue weighted by Crippen LogP contribution is -2.26. The number of benzene rings is 1. The number of anilines is 1. The number of hydrogen-bond acceptors (Lipinski definition) is 4. The second-order valence-corrected chi connectivity index (χ2v) is 6.63. The highest BCUT2D eigenvalue weighted by Gasteiger charge is 2.16. The van der Waals surface area contributed by atoms with Crippen molar-refractivity contribution in [3.8, 4) is 0 Å². The van der Waals surface area contributed by atoms with E-state index in [-0.39, 0.29) is 17.4 Å². The van der Waals surface area contributed by atoms with Crippen LogP contribution in [0.15, 0.2) is 18.2 Å². The summed E-state index contributed by atoms with van der Waals surface area (Å²) < 4.78 is 22.4. The van der Waals surface area contributed by atoms with Crippen LogP contribution in [0.3, 0.4) is 0 Å². The van der Waals surface area contributed by atoms with Gasteiger partial charge >= 0.3 is 5.97 Å². The highest BCUT2D eigenvalue weighted by Crippen LogP contribution is 2.21. The summed E-state index contributed by atoms with van der Waals surface area (Å²) in [4.78, 5) is 11.1. The molecule has 1 atom stereocenters. The van der Waals surface area contributed by atoms with Gasteiger partial charge in [0.2, 0.25) is 0 Å². The molecular weight excluding hydrogens is 254 g/mol. The first-order chi connectivity index (χ1) is 8.20. The molecule has 0 bridgehead atoms. The maximum atomic E-state index is 11.2. The summed E-state index contributed by atoms with van der Waals surface area (Å²) in [5.74, 6) is -1.08. The first-order valence-corrected chi connectivity index (χ1v) is 7.54. The van der Waals surface area contributed by atoms with E-state index in [0.29, 0.717) is 5.69 Å². The number of carboxylic acids is 1. The standard InChI is InChI=1S/C12H17NO4S/c1-8-5-4-6-10(12(14)15)11(8)13-9(2)7-18(3,16)17/h4-6,9,13H,7H2,1-3H3,(H,14,15). The number of nitrogens with one attached hydrogen (secondary N) is 1. The Morgan fingerprint density at radius 1 is 1.44 bits per heavy atom. The van der Waals surface area contributed by atoms with Crippen LogP contribution in [0.2, 0.25) is 0 Å². The van der Waals surface area contributed by atoms with E-state index in [1.807, 2.05) is 0 Å². The predicted molar refractivity (Wildman–Crippen MR) is 70.9 cm³/mol. The van der Waals surface area contributed by atoms with Gasteiger partial charge in [-0.15, -0.1) is 0 Å². The van der Waals surface area contributed by atoms with Gasteiger partial charge in [0.1, 0.15) is 9.84 Å². The zero-order chi connectivity index (χ0) is 13.9. The summed E-state index contributed by atoms with van der Waals surface area (Å²) in [6.07, 6.45) is 1.15. The molecule has 2 N–H and O–H groups in total. The summed E-state index contributed by atoms with van der Waals surface area (Å²) in [5, 5.41) is 12.0. The Morgan fingerprint density at radius 3 is 2.56 bits per heavy atom. The smallest absolute Gasteiger partial charge is 0.337 e. The molecule has 0 aliphatic rings. The summed E-state index contributed by atoms with van der Waals surface area (Å²) in [5.41, 5.74) is 1.40. The van der Waals surface area contributed by atoms with Crippen molar-refractivity contribution >= 4 is 21.5 Å². The average Bonchev–Trinajstić information content (AvgIpc) is 2.17. The van der Waals surface area contributed by atoms with Gasteiger partial charge in [-0.05, 0) is 25.5 Å². The number of rotatable bonds is 5. The molecule has 0 saturated heterocycles. The normalized spacial score (nSPS) is 13.1. The second kappa shape index (κ2) is 5.39. The fourth-order valence-corrected chi connectivity index (χ4v) is 2.77. The molecule has 0 heterocycles. The molecule has 1 rings (SSSR count). The van der Waals surface area contributed by atoms with Gasteiger partial charge in [0.15, 0.2) is 0 Å². The maximum Gasteiger partial charge on any atom is 0.337 e. The molecule has 18 heavy (non-hydrogen) atoms. The van der Waals surface area contributed by atoms with Gasteiger partial charge in [-0.25, -0.2) is 13.2 Å². The van der Waals surface area contributed by atoms with E-state index in [2.05, 4.69) is 5.32 Å². The Kier molecular flexibility index (Phi) is 4.34. The lowest BCUT2D eigenvalue weighted by Gasteiger charge is -2.18. The molecular formula is C12H17NO4S. The van der Waals surface area contributed by atoms with Crippen LogP contribution in [0.5, 0.6) is 0 Å². The molecule has 0 fully saturated rings. The van der Waals surface area contributed by atoms with E-state index in [9.17, 15) is 13.2 Å². The maximum absolute atomic E-state index is 11.2. The van der Waals surface area contributed by atoms with Gasteiger partial charge in [0, 0.05) is 12.3 Å².